The van der Waals surface area contributed by atoms with E-state index in [1.54, 1.807) is 13.0 Å². The number of carbonyl (C=O) groups excluding carboxylic acids is 1. The molecule has 0 bridgehead atoms. The van der Waals surface area contributed by atoms with Crippen molar-refractivity contribution in [3.63, 3.8) is 0 Å². The van der Waals surface area contributed by atoms with Crippen LogP contribution in [0.5, 0.6) is 0 Å². The first-order valence-electron chi connectivity index (χ1n) is 5.77. The van der Waals surface area contributed by atoms with Gasteiger partial charge in [-0.05, 0) is 30.7 Å². The highest BCUT2D eigenvalue weighted by molar-refractivity contribution is 6.29. The molecule has 0 aliphatic carbocycles. The zero-order valence-corrected chi connectivity index (χ0v) is 11.5. The summed E-state index contributed by atoms with van der Waals surface area (Å²) in [7, 11) is 0. The fraction of sp³-hybridized carbons (Fsp3) is 0.0769. The highest BCUT2D eigenvalue weighted by atomic mass is 35.5. The molecular weight excluding hydrogens is 301 g/mol. The predicted molar refractivity (Wildman–Crippen MR) is 75.0 cm³/mol. The number of hydrogen-bond acceptors (Lipinski definition) is 4. The van der Waals surface area contributed by atoms with E-state index in [4.69, 9.17) is 11.6 Å². The minimum absolute atomic E-state index is 0.0275. The molecule has 0 aliphatic heterocycles. The van der Waals surface area contributed by atoms with Crippen molar-refractivity contribution in [1.82, 2.24) is 4.98 Å². The summed E-state index contributed by atoms with van der Waals surface area (Å²) >= 11 is 5.64. The molecule has 8 heteroatoms. The number of aromatic nitrogens is 1. The molecule has 1 aromatic heterocycles. The van der Waals surface area contributed by atoms with Crippen molar-refractivity contribution < 1.29 is 14.1 Å². The molecule has 1 heterocycles. The third kappa shape index (κ3) is 3.32. The van der Waals surface area contributed by atoms with E-state index in [0.29, 0.717) is 5.56 Å². The van der Waals surface area contributed by atoms with Crippen molar-refractivity contribution in [1.29, 1.82) is 0 Å². The number of benzene rings is 1. The molecular formula is C13H9ClFN3O3. The van der Waals surface area contributed by atoms with Crippen LogP contribution in [0.4, 0.5) is 15.9 Å². The Bertz CT molecular complexity index is 737. The van der Waals surface area contributed by atoms with Crippen LogP contribution in [0.3, 0.4) is 0 Å². The quantitative estimate of drug-likeness (QED) is 0.535. The molecule has 1 amide bonds. The van der Waals surface area contributed by atoms with E-state index < -0.39 is 22.3 Å². The molecule has 1 aromatic carbocycles. The average molecular weight is 310 g/mol. The molecule has 108 valence electrons. The largest absolute Gasteiger partial charge is 0.311 e. The van der Waals surface area contributed by atoms with Crippen molar-refractivity contribution in [3.05, 3.63) is 62.5 Å². The molecule has 21 heavy (non-hydrogen) atoms. The minimum Gasteiger partial charge on any atom is -0.301 e. The van der Waals surface area contributed by atoms with Gasteiger partial charge in [0.15, 0.2) is 0 Å². The maximum atomic E-state index is 13.7. The molecule has 1 N–H and O–H groups in total. The Morgan fingerprint density at radius 3 is 2.71 bits per heavy atom. The fourth-order valence-corrected chi connectivity index (χ4v) is 1.79. The van der Waals surface area contributed by atoms with Crippen LogP contribution in [-0.4, -0.2) is 15.8 Å². The molecule has 0 aliphatic rings. The lowest BCUT2D eigenvalue weighted by Gasteiger charge is -2.06. The Morgan fingerprint density at radius 2 is 2.10 bits per heavy atom. The van der Waals surface area contributed by atoms with Gasteiger partial charge in [-0.1, -0.05) is 17.7 Å². The fourth-order valence-electron chi connectivity index (χ4n) is 1.65. The first kappa shape index (κ1) is 14.9. The van der Waals surface area contributed by atoms with Crippen LogP contribution < -0.4 is 5.32 Å². The van der Waals surface area contributed by atoms with E-state index in [1.807, 2.05) is 0 Å². The van der Waals surface area contributed by atoms with Crippen molar-refractivity contribution >= 4 is 29.0 Å². The van der Waals surface area contributed by atoms with Gasteiger partial charge in [0.1, 0.15) is 11.0 Å². The summed E-state index contributed by atoms with van der Waals surface area (Å²) in [6, 6.07) is 6.36. The van der Waals surface area contributed by atoms with E-state index in [-0.39, 0.29) is 16.5 Å². The van der Waals surface area contributed by atoms with Gasteiger partial charge in [-0.25, -0.2) is 9.37 Å². The second kappa shape index (κ2) is 5.84. The molecule has 2 aromatic rings. The monoisotopic (exact) mass is 309 g/mol. The van der Waals surface area contributed by atoms with Gasteiger partial charge in [-0.15, -0.1) is 0 Å². The molecule has 0 saturated heterocycles. The lowest BCUT2D eigenvalue weighted by molar-refractivity contribution is -0.384. The Kier molecular flexibility index (Phi) is 4.13. The van der Waals surface area contributed by atoms with Crippen molar-refractivity contribution in [2.45, 2.75) is 6.92 Å². The first-order chi connectivity index (χ1) is 9.88. The zero-order valence-electron chi connectivity index (χ0n) is 10.8. The second-order valence-corrected chi connectivity index (χ2v) is 4.58. The summed E-state index contributed by atoms with van der Waals surface area (Å²) in [6.45, 7) is 1.67. The number of halogens is 2. The van der Waals surface area contributed by atoms with Crippen LogP contribution in [0.2, 0.25) is 5.15 Å². The number of anilines is 1. The van der Waals surface area contributed by atoms with Gasteiger partial charge >= 0.3 is 5.69 Å². The maximum Gasteiger partial charge on any atom is 0.311 e. The highest BCUT2D eigenvalue weighted by Gasteiger charge is 2.20. The third-order valence-electron chi connectivity index (χ3n) is 2.64. The number of carbonyl (C=O) groups is 1. The first-order valence-corrected chi connectivity index (χ1v) is 6.14. The summed E-state index contributed by atoms with van der Waals surface area (Å²) in [5.41, 5.74) is -0.0205. The zero-order chi connectivity index (χ0) is 15.6. The normalized spacial score (nSPS) is 10.2. The number of amides is 1. The van der Waals surface area contributed by atoms with Gasteiger partial charge in [-0.2, -0.15) is 0 Å². The number of nitro groups is 1. The van der Waals surface area contributed by atoms with Crippen molar-refractivity contribution in [2.24, 2.45) is 0 Å². The summed E-state index contributed by atoms with van der Waals surface area (Å²) in [4.78, 5) is 25.8. The van der Waals surface area contributed by atoms with E-state index in [9.17, 15) is 19.3 Å². The van der Waals surface area contributed by atoms with Gasteiger partial charge in [0.2, 0.25) is 5.82 Å². The third-order valence-corrected chi connectivity index (χ3v) is 2.85. The minimum atomic E-state index is -0.842. The van der Waals surface area contributed by atoms with Gasteiger partial charge in [0.25, 0.3) is 5.91 Å². The average Bonchev–Trinajstić information content (AvgIpc) is 2.37. The highest BCUT2D eigenvalue weighted by Crippen LogP contribution is 2.24. The van der Waals surface area contributed by atoms with Crippen LogP contribution in [0.1, 0.15) is 15.9 Å². The van der Waals surface area contributed by atoms with Gasteiger partial charge in [0.05, 0.1) is 10.5 Å². The van der Waals surface area contributed by atoms with Crippen LogP contribution >= 0.6 is 11.6 Å². The summed E-state index contributed by atoms with van der Waals surface area (Å²) in [5.74, 6) is -1.90. The van der Waals surface area contributed by atoms with Gasteiger partial charge < -0.3 is 5.32 Å². The SMILES string of the molecule is Cc1ccc(C(=O)Nc2nc(Cl)ccc2[N+](=O)[O-])c(F)c1. The Morgan fingerprint density at radius 1 is 1.38 bits per heavy atom. The number of nitrogens with zero attached hydrogens (tertiary/aromatic N) is 2. The molecule has 0 radical (unpaired) electrons. The summed E-state index contributed by atoms with van der Waals surface area (Å²) in [6.07, 6.45) is 0. The summed E-state index contributed by atoms with van der Waals surface area (Å²) in [5, 5.41) is 13.0. The van der Waals surface area contributed by atoms with Gasteiger partial charge in [-0.3, -0.25) is 14.9 Å². The maximum absolute atomic E-state index is 13.7. The number of hydrogen-bond donors (Lipinski definition) is 1. The van der Waals surface area contributed by atoms with E-state index in [1.165, 1.54) is 18.2 Å². The van der Waals surface area contributed by atoms with E-state index >= 15 is 0 Å². The molecule has 2 rings (SSSR count). The van der Waals surface area contributed by atoms with Crippen LogP contribution in [0.15, 0.2) is 30.3 Å². The topological polar surface area (TPSA) is 85.1 Å². The van der Waals surface area contributed by atoms with Crippen LogP contribution in [-0.2, 0) is 0 Å². The second-order valence-electron chi connectivity index (χ2n) is 4.20. The summed E-state index contributed by atoms with van der Waals surface area (Å²) < 4.78 is 13.7. The predicted octanol–water partition coefficient (Wildman–Crippen LogP) is 3.34. The molecule has 0 fully saturated rings. The molecule has 0 unspecified atom stereocenters. The number of aryl methyl sites for hydroxylation is 1. The van der Waals surface area contributed by atoms with E-state index in [0.717, 1.165) is 6.07 Å². The van der Waals surface area contributed by atoms with Crippen LogP contribution in [0.25, 0.3) is 0 Å². The van der Waals surface area contributed by atoms with Crippen molar-refractivity contribution in [3.8, 4) is 0 Å². The number of pyridine rings is 1. The molecule has 0 atom stereocenters. The Hall–Kier alpha value is -2.54. The smallest absolute Gasteiger partial charge is 0.301 e. The lowest BCUT2D eigenvalue weighted by atomic mass is 10.1. The molecule has 6 nitrogen and oxygen atoms in total. The van der Waals surface area contributed by atoms with Crippen LogP contribution in [0, 0.1) is 22.9 Å². The Labute approximate surface area is 123 Å². The van der Waals surface area contributed by atoms with Crippen molar-refractivity contribution in [2.75, 3.05) is 5.32 Å². The van der Waals surface area contributed by atoms with Gasteiger partial charge in [0, 0.05) is 6.07 Å². The molecule has 0 saturated carbocycles. The lowest BCUT2D eigenvalue weighted by Crippen LogP contribution is -2.16. The number of rotatable bonds is 3. The molecule has 0 spiro atoms. The Balaban J connectivity index is 2.35. The standard InChI is InChI=1S/C13H9ClFN3O3/c1-7-2-3-8(9(15)6-7)13(19)17-12-10(18(20)21)4-5-11(14)16-12/h2-6H,1H3,(H,16,17,19). The number of nitrogens with one attached hydrogen (secondary N) is 1. The van der Waals surface area contributed by atoms with E-state index in [2.05, 4.69) is 10.3 Å².